The molecule has 0 radical (unpaired) electrons. The molecule has 1 aliphatic rings. The molecule has 5 heteroatoms. The van der Waals surface area contributed by atoms with Gasteiger partial charge in [-0.2, -0.15) is 0 Å². The van der Waals surface area contributed by atoms with Crippen molar-refractivity contribution in [2.24, 2.45) is 0 Å². The van der Waals surface area contributed by atoms with E-state index in [1.807, 2.05) is 0 Å². The van der Waals surface area contributed by atoms with E-state index in [2.05, 4.69) is 0 Å². The molecule has 5 nitrogen and oxygen atoms in total. The van der Waals surface area contributed by atoms with Crippen molar-refractivity contribution in [3.8, 4) is 0 Å². The van der Waals surface area contributed by atoms with Crippen molar-refractivity contribution in [2.45, 2.75) is 31.0 Å². The maximum atomic E-state index is 9.41. The number of methoxy groups -OCH3 is 1. The highest BCUT2D eigenvalue weighted by atomic mass is 16.7. The maximum absolute atomic E-state index is 9.41. The molecule has 0 aliphatic carbocycles. The zero-order chi connectivity index (χ0) is 9.35. The van der Waals surface area contributed by atoms with Gasteiger partial charge in [0.25, 0.3) is 0 Å². The molecule has 12 heavy (non-hydrogen) atoms. The predicted molar refractivity (Wildman–Crippen MR) is 39.4 cm³/mol. The summed E-state index contributed by atoms with van der Waals surface area (Å²) in [6.45, 7) is 1.17. The summed E-state index contributed by atoms with van der Waals surface area (Å²) in [4.78, 5) is 0. The van der Waals surface area contributed by atoms with Crippen LogP contribution in [0.3, 0.4) is 0 Å². The van der Waals surface area contributed by atoms with Crippen molar-refractivity contribution in [3.05, 3.63) is 0 Å². The van der Waals surface area contributed by atoms with Gasteiger partial charge in [0, 0.05) is 7.11 Å². The maximum Gasteiger partial charge on any atom is 0.194 e. The van der Waals surface area contributed by atoms with E-state index < -0.39 is 24.1 Å². The quantitative estimate of drug-likeness (QED) is 0.477. The molecule has 0 bridgehead atoms. The molecule has 0 amide bonds. The highest BCUT2D eigenvalue weighted by molar-refractivity contribution is 4.93. The second-order valence-corrected chi connectivity index (χ2v) is 2.99. The van der Waals surface area contributed by atoms with Gasteiger partial charge in [-0.05, 0) is 6.92 Å². The van der Waals surface area contributed by atoms with E-state index >= 15 is 0 Å². The average molecular weight is 178 g/mol. The molecule has 4 unspecified atom stereocenters. The average Bonchev–Trinajstić information content (AvgIpc) is 2.31. The Balaban J connectivity index is 2.72. The zero-order valence-corrected chi connectivity index (χ0v) is 7.10. The number of hydrogen-bond donors (Lipinski definition) is 3. The fourth-order valence-electron chi connectivity index (χ4n) is 1.27. The van der Waals surface area contributed by atoms with Crippen molar-refractivity contribution in [2.75, 3.05) is 13.7 Å². The summed E-state index contributed by atoms with van der Waals surface area (Å²) in [6.07, 6.45) is -3.00. The van der Waals surface area contributed by atoms with E-state index in [-0.39, 0.29) is 6.61 Å². The number of rotatable bonds is 2. The van der Waals surface area contributed by atoms with E-state index in [1.165, 1.54) is 14.0 Å². The molecule has 1 heterocycles. The summed E-state index contributed by atoms with van der Waals surface area (Å²) in [5.74, 6) is -1.22. The van der Waals surface area contributed by atoms with E-state index in [4.69, 9.17) is 14.6 Å². The van der Waals surface area contributed by atoms with Crippen molar-refractivity contribution < 1.29 is 24.8 Å². The topological polar surface area (TPSA) is 79.2 Å². The van der Waals surface area contributed by atoms with Crippen LogP contribution in [0.1, 0.15) is 6.92 Å². The fraction of sp³-hybridized carbons (Fsp3) is 1.00. The van der Waals surface area contributed by atoms with Crippen LogP contribution in [0, 0.1) is 0 Å². The standard InChI is InChI=1S/C7H14O5/c1-7(11-2)6(10)5(9)4(3-8)12-7/h4-6,8-10H,3H2,1-2H3. The van der Waals surface area contributed by atoms with E-state index in [0.717, 1.165) is 0 Å². The summed E-state index contributed by atoms with van der Waals surface area (Å²) >= 11 is 0. The first kappa shape index (κ1) is 9.88. The summed E-state index contributed by atoms with van der Waals surface area (Å²) in [5.41, 5.74) is 0. The Bertz CT molecular complexity index is 162. The van der Waals surface area contributed by atoms with Gasteiger partial charge in [0.2, 0.25) is 0 Å². The lowest BCUT2D eigenvalue weighted by Crippen LogP contribution is -2.42. The lowest BCUT2D eigenvalue weighted by Gasteiger charge is -2.25. The molecule has 3 N–H and O–H groups in total. The van der Waals surface area contributed by atoms with Crippen molar-refractivity contribution in [1.29, 1.82) is 0 Å². The van der Waals surface area contributed by atoms with Gasteiger partial charge in [-0.25, -0.2) is 0 Å². The van der Waals surface area contributed by atoms with Crippen LogP contribution in [-0.2, 0) is 9.47 Å². The normalized spacial score (nSPS) is 48.2. The molecule has 0 saturated carbocycles. The van der Waals surface area contributed by atoms with Crippen LogP contribution >= 0.6 is 0 Å². The van der Waals surface area contributed by atoms with E-state index in [0.29, 0.717) is 0 Å². The summed E-state index contributed by atoms with van der Waals surface area (Å²) < 4.78 is 9.97. The monoisotopic (exact) mass is 178 g/mol. The van der Waals surface area contributed by atoms with Crippen LogP contribution in [0.25, 0.3) is 0 Å². The third-order valence-electron chi connectivity index (χ3n) is 2.21. The number of ether oxygens (including phenoxy) is 2. The minimum absolute atomic E-state index is 0.336. The second kappa shape index (κ2) is 3.27. The smallest absolute Gasteiger partial charge is 0.194 e. The molecule has 0 spiro atoms. The molecule has 1 rings (SSSR count). The first-order valence-corrected chi connectivity index (χ1v) is 3.75. The third-order valence-corrected chi connectivity index (χ3v) is 2.21. The van der Waals surface area contributed by atoms with E-state index in [1.54, 1.807) is 0 Å². The Hall–Kier alpha value is -0.200. The molecular weight excluding hydrogens is 164 g/mol. The Morgan fingerprint density at radius 3 is 2.33 bits per heavy atom. The summed E-state index contributed by atoms with van der Waals surface area (Å²) in [7, 11) is 1.37. The SMILES string of the molecule is COC1(C)OC(CO)C(O)C1O. The molecule has 0 aromatic carbocycles. The minimum atomic E-state index is -1.22. The lowest BCUT2D eigenvalue weighted by atomic mass is 10.1. The molecule has 1 fully saturated rings. The first-order chi connectivity index (χ1) is 5.55. The van der Waals surface area contributed by atoms with Crippen molar-refractivity contribution in [3.63, 3.8) is 0 Å². The summed E-state index contributed by atoms with van der Waals surface area (Å²) in [5, 5.41) is 27.4. The largest absolute Gasteiger partial charge is 0.394 e. The van der Waals surface area contributed by atoms with Crippen molar-refractivity contribution in [1.82, 2.24) is 0 Å². The van der Waals surface area contributed by atoms with Gasteiger partial charge in [0.05, 0.1) is 6.61 Å². The highest BCUT2D eigenvalue weighted by Crippen LogP contribution is 2.31. The van der Waals surface area contributed by atoms with Gasteiger partial charge in [-0.1, -0.05) is 0 Å². The first-order valence-electron chi connectivity index (χ1n) is 3.75. The third kappa shape index (κ3) is 1.34. The van der Waals surface area contributed by atoms with E-state index in [9.17, 15) is 10.2 Å². The van der Waals surface area contributed by atoms with Crippen LogP contribution in [0.5, 0.6) is 0 Å². The van der Waals surface area contributed by atoms with Gasteiger partial charge in [0.15, 0.2) is 5.79 Å². The summed E-state index contributed by atoms with van der Waals surface area (Å²) in [6, 6.07) is 0. The molecule has 0 aromatic heterocycles. The molecule has 72 valence electrons. The van der Waals surface area contributed by atoms with Crippen LogP contribution in [0.4, 0.5) is 0 Å². The van der Waals surface area contributed by atoms with Crippen LogP contribution in [0.2, 0.25) is 0 Å². The number of hydrogen-bond acceptors (Lipinski definition) is 5. The van der Waals surface area contributed by atoms with Gasteiger partial charge < -0.3 is 24.8 Å². The van der Waals surface area contributed by atoms with Gasteiger partial charge >= 0.3 is 0 Å². The fourth-order valence-corrected chi connectivity index (χ4v) is 1.27. The molecule has 1 aliphatic heterocycles. The minimum Gasteiger partial charge on any atom is -0.394 e. The molecular formula is C7H14O5. The Kier molecular flexibility index (Phi) is 2.70. The second-order valence-electron chi connectivity index (χ2n) is 2.99. The lowest BCUT2D eigenvalue weighted by molar-refractivity contribution is -0.235. The highest BCUT2D eigenvalue weighted by Gasteiger charge is 2.51. The van der Waals surface area contributed by atoms with Crippen molar-refractivity contribution >= 4 is 0 Å². The molecule has 1 saturated heterocycles. The Labute approximate surface area is 70.5 Å². The number of aliphatic hydroxyl groups excluding tert-OH is 3. The zero-order valence-electron chi connectivity index (χ0n) is 7.10. The molecule has 4 atom stereocenters. The van der Waals surface area contributed by atoms with Gasteiger partial charge in [-0.3, -0.25) is 0 Å². The van der Waals surface area contributed by atoms with Gasteiger partial charge in [-0.15, -0.1) is 0 Å². The van der Waals surface area contributed by atoms with Crippen LogP contribution in [0.15, 0.2) is 0 Å². The van der Waals surface area contributed by atoms with Crippen LogP contribution < -0.4 is 0 Å². The number of aliphatic hydroxyl groups is 3. The van der Waals surface area contributed by atoms with Gasteiger partial charge in [0.1, 0.15) is 18.3 Å². The molecule has 0 aromatic rings. The Morgan fingerprint density at radius 1 is 1.50 bits per heavy atom. The predicted octanol–water partition coefficient (Wildman–Crippen LogP) is -1.54. The Morgan fingerprint density at radius 2 is 2.08 bits per heavy atom. The van der Waals surface area contributed by atoms with Crippen LogP contribution in [-0.4, -0.2) is 53.1 Å².